The van der Waals surface area contributed by atoms with E-state index in [0.717, 1.165) is 17.5 Å². The molecule has 8 heteroatoms. The first-order valence-electron chi connectivity index (χ1n) is 8.01. The second kappa shape index (κ2) is 9.26. The topological polar surface area (TPSA) is 112 Å². The zero-order chi connectivity index (χ0) is 18.9. The summed E-state index contributed by atoms with van der Waals surface area (Å²) in [6.45, 7) is 0.872. The van der Waals surface area contributed by atoms with E-state index in [4.69, 9.17) is 15.2 Å². The maximum Gasteiger partial charge on any atom is 0.269 e. The van der Waals surface area contributed by atoms with Crippen molar-refractivity contribution < 1.29 is 14.4 Å². The van der Waals surface area contributed by atoms with Crippen molar-refractivity contribution in [3.8, 4) is 11.5 Å². The van der Waals surface area contributed by atoms with Crippen LogP contribution in [-0.2, 0) is 13.0 Å². The molecule has 0 amide bonds. The third-order valence-electron chi connectivity index (χ3n) is 3.72. The van der Waals surface area contributed by atoms with Crippen molar-refractivity contribution >= 4 is 11.6 Å². The van der Waals surface area contributed by atoms with E-state index in [1.54, 1.807) is 26.4 Å². The Morgan fingerprint density at radius 2 is 1.92 bits per heavy atom. The van der Waals surface area contributed by atoms with Gasteiger partial charge in [-0.25, -0.2) is 4.99 Å². The molecule has 8 nitrogen and oxygen atoms in total. The van der Waals surface area contributed by atoms with Gasteiger partial charge in [-0.05, 0) is 29.7 Å². The van der Waals surface area contributed by atoms with Gasteiger partial charge in [0.25, 0.3) is 5.69 Å². The van der Waals surface area contributed by atoms with Crippen LogP contribution in [0, 0.1) is 10.1 Å². The minimum atomic E-state index is -0.433. The number of methoxy groups -OCH3 is 2. The van der Waals surface area contributed by atoms with Crippen molar-refractivity contribution in [2.75, 3.05) is 20.8 Å². The summed E-state index contributed by atoms with van der Waals surface area (Å²) in [5.41, 5.74) is 7.68. The summed E-state index contributed by atoms with van der Waals surface area (Å²) < 4.78 is 10.5. The number of benzene rings is 2. The summed E-state index contributed by atoms with van der Waals surface area (Å²) in [7, 11) is 3.19. The van der Waals surface area contributed by atoms with Gasteiger partial charge in [-0.15, -0.1) is 0 Å². The predicted octanol–water partition coefficient (Wildman–Crippen LogP) is 2.26. The summed E-state index contributed by atoms with van der Waals surface area (Å²) >= 11 is 0. The highest BCUT2D eigenvalue weighted by atomic mass is 16.6. The van der Waals surface area contributed by atoms with Crippen LogP contribution in [0.2, 0.25) is 0 Å². The molecule has 0 aliphatic carbocycles. The van der Waals surface area contributed by atoms with Gasteiger partial charge in [0.2, 0.25) is 0 Å². The van der Waals surface area contributed by atoms with Crippen LogP contribution >= 0.6 is 0 Å². The first kappa shape index (κ1) is 19.0. The molecule has 3 N–H and O–H groups in total. The van der Waals surface area contributed by atoms with Crippen molar-refractivity contribution in [1.82, 2.24) is 5.32 Å². The lowest BCUT2D eigenvalue weighted by Crippen LogP contribution is -2.33. The number of nitrogens with one attached hydrogen (secondary N) is 1. The van der Waals surface area contributed by atoms with Crippen molar-refractivity contribution in [1.29, 1.82) is 0 Å². The van der Waals surface area contributed by atoms with Crippen LogP contribution in [0.3, 0.4) is 0 Å². The monoisotopic (exact) mass is 358 g/mol. The second-order valence-electron chi connectivity index (χ2n) is 5.49. The van der Waals surface area contributed by atoms with Crippen LogP contribution in [0.4, 0.5) is 5.69 Å². The molecule has 26 heavy (non-hydrogen) atoms. The van der Waals surface area contributed by atoms with E-state index in [9.17, 15) is 10.1 Å². The summed E-state index contributed by atoms with van der Waals surface area (Å²) in [4.78, 5) is 14.5. The van der Waals surface area contributed by atoms with Crippen LogP contribution in [0.5, 0.6) is 11.5 Å². The fraction of sp³-hybridized carbons (Fsp3) is 0.278. The number of guanidine groups is 1. The molecule has 0 atom stereocenters. The number of nitrogens with two attached hydrogens (primary N) is 1. The Morgan fingerprint density at radius 3 is 2.62 bits per heavy atom. The molecular weight excluding hydrogens is 336 g/mol. The fourth-order valence-corrected chi connectivity index (χ4v) is 2.37. The minimum absolute atomic E-state index is 0.0395. The lowest BCUT2D eigenvalue weighted by atomic mass is 10.1. The zero-order valence-corrected chi connectivity index (χ0v) is 14.8. The normalized spacial score (nSPS) is 11.1. The van der Waals surface area contributed by atoms with E-state index in [1.165, 1.54) is 12.1 Å². The summed E-state index contributed by atoms with van der Waals surface area (Å²) in [6.07, 6.45) is 0.730. The van der Waals surface area contributed by atoms with E-state index in [2.05, 4.69) is 10.3 Å². The molecule has 0 unspecified atom stereocenters. The first-order chi connectivity index (χ1) is 12.5. The average Bonchev–Trinajstić information content (AvgIpc) is 2.66. The molecule has 0 fully saturated rings. The lowest BCUT2D eigenvalue weighted by molar-refractivity contribution is -0.384. The Balaban J connectivity index is 1.86. The molecule has 0 saturated heterocycles. The molecule has 0 aliphatic heterocycles. The largest absolute Gasteiger partial charge is 0.493 e. The van der Waals surface area contributed by atoms with Gasteiger partial charge in [0.05, 0.1) is 25.7 Å². The van der Waals surface area contributed by atoms with Gasteiger partial charge >= 0.3 is 0 Å². The predicted molar refractivity (Wildman–Crippen MR) is 99.7 cm³/mol. The van der Waals surface area contributed by atoms with Gasteiger partial charge in [0, 0.05) is 18.7 Å². The Morgan fingerprint density at radius 1 is 1.15 bits per heavy atom. The van der Waals surface area contributed by atoms with Crippen LogP contribution in [-0.4, -0.2) is 31.6 Å². The number of nitro groups is 1. The minimum Gasteiger partial charge on any atom is -0.493 e. The number of ether oxygens (including phenoxy) is 2. The van der Waals surface area contributed by atoms with Crippen molar-refractivity contribution in [3.63, 3.8) is 0 Å². The fourth-order valence-electron chi connectivity index (χ4n) is 2.37. The van der Waals surface area contributed by atoms with E-state index < -0.39 is 4.92 Å². The van der Waals surface area contributed by atoms with E-state index in [-0.39, 0.29) is 18.2 Å². The smallest absolute Gasteiger partial charge is 0.269 e. The number of aliphatic imine (C=N–C) groups is 1. The summed E-state index contributed by atoms with van der Waals surface area (Å²) in [6, 6.07) is 12.1. The SMILES string of the molecule is COc1ccc(CCNC(N)=NCc2cccc([N+](=O)[O-])c2)cc1OC. The van der Waals surface area contributed by atoms with E-state index in [0.29, 0.717) is 18.0 Å². The number of rotatable bonds is 8. The maximum absolute atomic E-state index is 10.8. The molecule has 0 bridgehead atoms. The quantitative estimate of drug-likeness (QED) is 0.324. The van der Waals surface area contributed by atoms with Crippen molar-refractivity contribution in [2.24, 2.45) is 10.7 Å². The van der Waals surface area contributed by atoms with Gasteiger partial charge in [-0.2, -0.15) is 0 Å². The summed E-state index contributed by atoms with van der Waals surface area (Å²) in [5.74, 6) is 1.65. The van der Waals surface area contributed by atoms with Gasteiger partial charge in [-0.3, -0.25) is 10.1 Å². The Hall–Kier alpha value is -3.29. The van der Waals surface area contributed by atoms with Gasteiger partial charge in [0.1, 0.15) is 0 Å². The highest BCUT2D eigenvalue weighted by molar-refractivity contribution is 5.77. The molecule has 0 aliphatic rings. The molecule has 2 rings (SSSR count). The molecule has 0 saturated carbocycles. The van der Waals surface area contributed by atoms with Crippen LogP contribution in [0.15, 0.2) is 47.5 Å². The molecule has 0 spiro atoms. The van der Waals surface area contributed by atoms with Crippen LogP contribution in [0.25, 0.3) is 0 Å². The highest BCUT2D eigenvalue weighted by Gasteiger charge is 2.06. The molecule has 0 radical (unpaired) electrons. The van der Waals surface area contributed by atoms with Crippen molar-refractivity contribution in [3.05, 3.63) is 63.7 Å². The Kier molecular flexibility index (Phi) is 6.78. The lowest BCUT2D eigenvalue weighted by Gasteiger charge is -2.10. The Bertz CT molecular complexity index is 793. The standard InChI is InChI=1S/C18H22N4O4/c1-25-16-7-6-13(11-17(16)26-2)8-9-20-18(19)21-12-14-4-3-5-15(10-14)22(23)24/h3-7,10-11H,8-9,12H2,1-2H3,(H3,19,20,21). The van der Waals surface area contributed by atoms with E-state index in [1.807, 2.05) is 18.2 Å². The maximum atomic E-state index is 10.8. The third-order valence-corrected chi connectivity index (χ3v) is 3.72. The average molecular weight is 358 g/mol. The summed E-state index contributed by atoms with van der Waals surface area (Å²) in [5, 5.41) is 13.8. The van der Waals surface area contributed by atoms with Gasteiger partial charge < -0.3 is 20.5 Å². The van der Waals surface area contributed by atoms with Gasteiger partial charge in [0.15, 0.2) is 17.5 Å². The molecular formula is C18H22N4O4. The third kappa shape index (κ3) is 5.37. The number of nitrogens with zero attached hydrogens (tertiary/aromatic N) is 2. The zero-order valence-electron chi connectivity index (χ0n) is 14.8. The number of hydrogen-bond acceptors (Lipinski definition) is 5. The molecule has 2 aromatic rings. The van der Waals surface area contributed by atoms with E-state index >= 15 is 0 Å². The molecule has 2 aromatic carbocycles. The number of non-ortho nitro benzene ring substituents is 1. The Labute approximate surface area is 151 Å². The van der Waals surface area contributed by atoms with Crippen LogP contribution in [0.1, 0.15) is 11.1 Å². The molecule has 0 aromatic heterocycles. The number of hydrogen-bond donors (Lipinski definition) is 2. The highest BCUT2D eigenvalue weighted by Crippen LogP contribution is 2.27. The molecule has 0 heterocycles. The first-order valence-corrected chi connectivity index (χ1v) is 8.01. The van der Waals surface area contributed by atoms with Gasteiger partial charge in [-0.1, -0.05) is 18.2 Å². The number of nitro benzene ring substituents is 1. The second-order valence-corrected chi connectivity index (χ2v) is 5.49. The van der Waals surface area contributed by atoms with Crippen molar-refractivity contribution in [2.45, 2.75) is 13.0 Å². The molecule has 138 valence electrons. The van der Waals surface area contributed by atoms with Crippen LogP contribution < -0.4 is 20.5 Å².